The zero-order valence-corrected chi connectivity index (χ0v) is 32.1. The van der Waals surface area contributed by atoms with Crippen LogP contribution in [0.5, 0.6) is 0 Å². The molecule has 0 radical (unpaired) electrons. The number of aromatic amines is 1. The van der Waals surface area contributed by atoms with Crippen molar-refractivity contribution in [3.05, 3.63) is 216 Å². The normalized spacial score (nSPS) is 13.3. The quantitative estimate of drug-likeness (QED) is 0.190. The van der Waals surface area contributed by atoms with Crippen LogP contribution >= 0.6 is 11.3 Å². The summed E-state index contributed by atoms with van der Waals surface area (Å²) in [6.07, 6.45) is 0. The van der Waals surface area contributed by atoms with E-state index in [9.17, 15) is 0 Å². The summed E-state index contributed by atoms with van der Waals surface area (Å²) in [6.45, 7) is 0. The number of furan rings is 1. The summed E-state index contributed by atoms with van der Waals surface area (Å²) in [7, 11) is 0. The first kappa shape index (κ1) is 31.9. The van der Waals surface area contributed by atoms with Crippen molar-refractivity contribution in [1.29, 1.82) is 0 Å². The molecule has 13 rings (SSSR count). The molecule has 0 bridgehead atoms. The zero-order chi connectivity index (χ0) is 38.0. The van der Waals surface area contributed by atoms with Crippen molar-refractivity contribution < 1.29 is 4.42 Å². The molecule has 270 valence electrons. The van der Waals surface area contributed by atoms with Crippen molar-refractivity contribution in [2.24, 2.45) is 0 Å². The maximum absolute atomic E-state index is 6.32. The van der Waals surface area contributed by atoms with Crippen molar-refractivity contribution in [3.8, 4) is 33.4 Å². The average Bonchev–Trinajstić information content (AvgIpc) is 3.97. The number of H-pyrrole nitrogens is 1. The van der Waals surface area contributed by atoms with Crippen LogP contribution in [0.25, 0.3) is 97.3 Å². The van der Waals surface area contributed by atoms with Gasteiger partial charge in [0.15, 0.2) is 0 Å². The van der Waals surface area contributed by atoms with Crippen LogP contribution in [-0.4, -0.2) is 4.98 Å². The van der Waals surface area contributed by atoms with Crippen LogP contribution in [-0.2, 0) is 5.41 Å². The summed E-state index contributed by atoms with van der Waals surface area (Å²) >= 11 is 1.94. The number of hydrogen-bond donors (Lipinski definition) is 1. The molecule has 1 aliphatic carbocycles. The molecular formula is C55H33NOS. The van der Waals surface area contributed by atoms with E-state index in [0.29, 0.717) is 0 Å². The largest absolute Gasteiger partial charge is 0.456 e. The van der Waals surface area contributed by atoms with Gasteiger partial charge in [-0.3, -0.25) is 0 Å². The molecule has 9 aromatic carbocycles. The number of aromatic nitrogens is 1. The molecule has 58 heavy (non-hydrogen) atoms. The predicted molar refractivity (Wildman–Crippen MR) is 244 cm³/mol. The van der Waals surface area contributed by atoms with Crippen molar-refractivity contribution in [2.45, 2.75) is 5.41 Å². The highest BCUT2D eigenvalue weighted by molar-refractivity contribution is 7.27. The summed E-state index contributed by atoms with van der Waals surface area (Å²) in [5, 5.41) is 7.42. The van der Waals surface area contributed by atoms with Crippen LogP contribution < -0.4 is 0 Å². The zero-order valence-electron chi connectivity index (χ0n) is 31.3. The van der Waals surface area contributed by atoms with Gasteiger partial charge in [-0.25, -0.2) is 0 Å². The van der Waals surface area contributed by atoms with E-state index in [1.165, 1.54) is 86.6 Å². The van der Waals surface area contributed by atoms with Crippen molar-refractivity contribution in [3.63, 3.8) is 0 Å². The smallest absolute Gasteiger partial charge is 0.135 e. The Morgan fingerprint density at radius 1 is 0.379 bits per heavy atom. The maximum atomic E-state index is 6.32. The molecule has 0 atom stereocenters. The lowest BCUT2D eigenvalue weighted by atomic mass is 9.63. The fourth-order valence-corrected chi connectivity index (χ4v) is 11.7. The van der Waals surface area contributed by atoms with Crippen LogP contribution in [0.1, 0.15) is 22.3 Å². The molecule has 1 N–H and O–H groups in total. The summed E-state index contributed by atoms with van der Waals surface area (Å²) in [5.74, 6) is 0. The third kappa shape index (κ3) is 4.26. The number of rotatable bonds is 4. The second-order valence-electron chi connectivity index (χ2n) is 15.6. The molecule has 3 aromatic heterocycles. The molecule has 0 aliphatic heterocycles. The summed E-state index contributed by atoms with van der Waals surface area (Å²) in [5.41, 5.74) is 16.1. The fourth-order valence-electron chi connectivity index (χ4n) is 10.2. The number of benzene rings is 9. The van der Waals surface area contributed by atoms with Gasteiger partial charge in [0.25, 0.3) is 0 Å². The maximum Gasteiger partial charge on any atom is 0.135 e. The number of fused-ring (bicyclic) bond motifs is 8. The van der Waals surface area contributed by atoms with E-state index in [1.807, 2.05) is 17.4 Å². The van der Waals surface area contributed by atoms with Gasteiger partial charge >= 0.3 is 0 Å². The van der Waals surface area contributed by atoms with E-state index in [-0.39, 0.29) is 0 Å². The first-order chi connectivity index (χ1) is 28.8. The summed E-state index contributed by atoms with van der Waals surface area (Å²) in [4.78, 5) is 3.64. The monoisotopic (exact) mass is 755 g/mol. The molecule has 0 unspecified atom stereocenters. The number of para-hydroxylation sites is 2. The van der Waals surface area contributed by atoms with E-state index in [0.717, 1.165) is 33.0 Å². The number of nitrogens with one attached hydrogen (secondary N) is 1. The number of thiophene rings is 1. The third-order valence-electron chi connectivity index (χ3n) is 12.7. The van der Waals surface area contributed by atoms with Gasteiger partial charge in [-0.1, -0.05) is 158 Å². The Morgan fingerprint density at radius 3 is 1.78 bits per heavy atom. The third-order valence-corrected chi connectivity index (χ3v) is 14.0. The van der Waals surface area contributed by atoms with Gasteiger partial charge in [0.05, 0.1) is 5.41 Å². The van der Waals surface area contributed by atoms with Gasteiger partial charge in [0, 0.05) is 52.8 Å². The Labute approximate surface area is 338 Å². The topological polar surface area (TPSA) is 28.9 Å². The Kier molecular flexibility index (Phi) is 6.56. The second kappa shape index (κ2) is 11.9. The molecule has 0 saturated heterocycles. The van der Waals surface area contributed by atoms with E-state index < -0.39 is 5.41 Å². The van der Waals surface area contributed by atoms with Crippen molar-refractivity contribution in [2.75, 3.05) is 0 Å². The molecule has 0 spiro atoms. The van der Waals surface area contributed by atoms with Gasteiger partial charge in [0.2, 0.25) is 0 Å². The highest BCUT2D eigenvalue weighted by Gasteiger charge is 2.44. The Bertz CT molecular complexity index is 3580. The number of hydrogen-bond acceptors (Lipinski definition) is 2. The molecule has 2 nitrogen and oxygen atoms in total. The van der Waals surface area contributed by atoms with E-state index in [1.54, 1.807) is 0 Å². The summed E-state index contributed by atoms with van der Waals surface area (Å²) in [6, 6.07) is 71.7. The van der Waals surface area contributed by atoms with E-state index in [4.69, 9.17) is 4.42 Å². The Hall–Kier alpha value is -7.20. The first-order valence-electron chi connectivity index (χ1n) is 19.9. The molecule has 0 saturated carbocycles. The minimum absolute atomic E-state index is 0.587. The summed E-state index contributed by atoms with van der Waals surface area (Å²) < 4.78 is 8.92. The molecule has 3 heterocycles. The standard InChI is InChI=1S/C55H33NOS/c1-3-13-35(14-4-1)55(36-15-5-2-6-16-36)45-20-10-7-17-39(45)42-26-25-37(33-23-29-48-43(31-33)40-18-8-11-21-47(40)56-48)53-51(42)52-46(55)28-27-38(54(52)58-53)34-24-30-50-44(32-34)41-19-9-12-22-49(41)57-50/h1-32,56H. The molecule has 0 fully saturated rings. The highest BCUT2D eigenvalue weighted by atomic mass is 32.1. The Morgan fingerprint density at radius 2 is 0.966 bits per heavy atom. The lowest BCUT2D eigenvalue weighted by Gasteiger charge is -2.38. The lowest BCUT2D eigenvalue weighted by Crippen LogP contribution is -2.31. The van der Waals surface area contributed by atoms with Gasteiger partial charge in [-0.2, -0.15) is 0 Å². The van der Waals surface area contributed by atoms with Crippen LogP contribution in [0.2, 0.25) is 0 Å². The second-order valence-corrected chi connectivity index (χ2v) is 16.6. The van der Waals surface area contributed by atoms with Crippen LogP contribution in [0.3, 0.4) is 0 Å². The minimum atomic E-state index is -0.587. The minimum Gasteiger partial charge on any atom is -0.456 e. The van der Waals surface area contributed by atoms with E-state index in [2.05, 4.69) is 193 Å². The first-order valence-corrected chi connectivity index (χ1v) is 20.7. The van der Waals surface area contributed by atoms with E-state index >= 15 is 0 Å². The molecule has 3 heteroatoms. The molecular weight excluding hydrogens is 723 g/mol. The van der Waals surface area contributed by atoms with Gasteiger partial charge < -0.3 is 9.40 Å². The van der Waals surface area contributed by atoms with Crippen molar-refractivity contribution >= 4 is 75.3 Å². The molecule has 0 amide bonds. The van der Waals surface area contributed by atoms with Gasteiger partial charge in [-0.15, -0.1) is 11.3 Å². The van der Waals surface area contributed by atoms with Gasteiger partial charge in [0.1, 0.15) is 11.2 Å². The average molecular weight is 756 g/mol. The Balaban J connectivity index is 1.20. The van der Waals surface area contributed by atoms with Crippen LogP contribution in [0.15, 0.2) is 199 Å². The fraction of sp³-hybridized carbons (Fsp3) is 0.0182. The molecule has 1 aliphatic rings. The van der Waals surface area contributed by atoms with Crippen LogP contribution in [0.4, 0.5) is 0 Å². The predicted octanol–water partition coefficient (Wildman–Crippen LogP) is 15.3. The lowest BCUT2D eigenvalue weighted by molar-refractivity contribution is 0.669. The SMILES string of the molecule is c1ccc(C2(c3ccccc3)c3ccccc3-c3ccc(-c4ccc5[nH]c6ccccc6c5c4)c4sc5c(-c6ccc7oc8ccccc8c7c6)ccc2c5c34)cc1. The molecule has 12 aromatic rings. The highest BCUT2D eigenvalue weighted by Crippen LogP contribution is 2.59. The van der Waals surface area contributed by atoms with Crippen LogP contribution in [0, 0.1) is 0 Å². The van der Waals surface area contributed by atoms with Crippen molar-refractivity contribution in [1.82, 2.24) is 4.98 Å². The van der Waals surface area contributed by atoms with Gasteiger partial charge in [-0.05, 0) is 92.0 Å².